The second kappa shape index (κ2) is 6.20. The van der Waals surface area contributed by atoms with Gasteiger partial charge in [-0.05, 0) is 30.5 Å². The Balaban J connectivity index is 2.54. The van der Waals surface area contributed by atoms with Crippen molar-refractivity contribution in [3.63, 3.8) is 0 Å². The average molecular weight is 261 g/mol. The van der Waals surface area contributed by atoms with Crippen LogP contribution in [0.2, 0.25) is 0 Å². The minimum Gasteiger partial charge on any atom is -0.364 e. The van der Waals surface area contributed by atoms with E-state index in [2.05, 4.69) is 0 Å². The van der Waals surface area contributed by atoms with Gasteiger partial charge in [-0.25, -0.2) is 0 Å². The number of rotatable bonds is 5. The Morgan fingerprint density at radius 1 is 1.17 bits per heavy atom. The molecule has 0 aromatic heterocycles. The van der Waals surface area contributed by atoms with E-state index in [1.54, 1.807) is 12.1 Å². The molecule has 2 unspecified atom stereocenters. The standard InChI is InChI=1S/C13H18F3NO/c1-9(7-17)12-5-3-11(4-6-12)8-18-10(2)13(14,15)16/h3-6,9-10H,7-8,17H2,1-2H3. The molecule has 0 heterocycles. The molecule has 5 heteroatoms. The van der Waals surface area contributed by atoms with Crippen LogP contribution in [0.15, 0.2) is 24.3 Å². The van der Waals surface area contributed by atoms with Crippen molar-refractivity contribution >= 4 is 0 Å². The summed E-state index contributed by atoms with van der Waals surface area (Å²) in [6.45, 7) is 3.50. The third kappa shape index (κ3) is 4.31. The summed E-state index contributed by atoms with van der Waals surface area (Å²) < 4.78 is 41.5. The number of halogens is 3. The zero-order valence-electron chi connectivity index (χ0n) is 10.5. The molecule has 0 aliphatic rings. The Morgan fingerprint density at radius 3 is 2.17 bits per heavy atom. The minimum atomic E-state index is -4.31. The fourth-order valence-corrected chi connectivity index (χ4v) is 1.39. The van der Waals surface area contributed by atoms with Gasteiger partial charge < -0.3 is 10.5 Å². The molecular formula is C13H18F3NO. The van der Waals surface area contributed by atoms with Gasteiger partial charge in [-0.15, -0.1) is 0 Å². The largest absolute Gasteiger partial charge is 0.414 e. The SMILES string of the molecule is CC(CN)c1ccc(COC(C)C(F)(F)F)cc1. The molecule has 0 radical (unpaired) electrons. The minimum absolute atomic E-state index is 0.0437. The lowest BCUT2D eigenvalue weighted by molar-refractivity contribution is -0.217. The Hall–Kier alpha value is -1.07. The van der Waals surface area contributed by atoms with Crippen LogP contribution in [0.5, 0.6) is 0 Å². The first-order valence-electron chi connectivity index (χ1n) is 5.81. The molecule has 0 aliphatic heterocycles. The molecular weight excluding hydrogens is 243 g/mol. The van der Waals surface area contributed by atoms with Gasteiger partial charge in [0.25, 0.3) is 0 Å². The highest BCUT2D eigenvalue weighted by Gasteiger charge is 2.36. The second-order valence-corrected chi connectivity index (χ2v) is 4.37. The number of benzene rings is 1. The summed E-state index contributed by atoms with van der Waals surface area (Å²) in [7, 11) is 0. The van der Waals surface area contributed by atoms with E-state index >= 15 is 0 Å². The van der Waals surface area contributed by atoms with Gasteiger partial charge in [-0.3, -0.25) is 0 Å². The third-order valence-corrected chi connectivity index (χ3v) is 2.86. The zero-order valence-corrected chi connectivity index (χ0v) is 10.5. The molecule has 2 atom stereocenters. The summed E-state index contributed by atoms with van der Waals surface area (Å²) in [6.07, 6.45) is -6.06. The average Bonchev–Trinajstić information content (AvgIpc) is 2.34. The summed E-state index contributed by atoms with van der Waals surface area (Å²) in [5.41, 5.74) is 7.33. The monoisotopic (exact) mass is 261 g/mol. The van der Waals surface area contributed by atoms with E-state index in [1.165, 1.54) is 0 Å². The predicted octanol–water partition coefficient (Wildman–Crippen LogP) is 3.22. The van der Waals surface area contributed by atoms with Crippen molar-refractivity contribution in [1.29, 1.82) is 0 Å². The molecule has 1 aromatic carbocycles. The van der Waals surface area contributed by atoms with Gasteiger partial charge in [0, 0.05) is 0 Å². The molecule has 0 amide bonds. The Labute approximate surface area is 105 Å². The topological polar surface area (TPSA) is 35.2 Å². The molecule has 0 bridgehead atoms. The molecule has 0 saturated heterocycles. The Kier molecular flexibility index (Phi) is 5.16. The lowest BCUT2D eigenvalue weighted by Crippen LogP contribution is -2.28. The molecule has 0 spiro atoms. The maximum absolute atomic E-state index is 12.2. The van der Waals surface area contributed by atoms with E-state index in [0.29, 0.717) is 6.54 Å². The van der Waals surface area contributed by atoms with E-state index in [4.69, 9.17) is 10.5 Å². The van der Waals surface area contributed by atoms with Crippen molar-refractivity contribution in [1.82, 2.24) is 0 Å². The van der Waals surface area contributed by atoms with Crippen LogP contribution in [0.1, 0.15) is 30.9 Å². The van der Waals surface area contributed by atoms with Crippen molar-refractivity contribution in [3.8, 4) is 0 Å². The number of nitrogens with two attached hydrogens (primary N) is 1. The fraction of sp³-hybridized carbons (Fsp3) is 0.538. The number of ether oxygens (including phenoxy) is 1. The molecule has 2 N–H and O–H groups in total. The van der Waals surface area contributed by atoms with Gasteiger partial charge >= 0.3 is 6.18 Å². The van der Waals surface area contributed by atoms with Gasteiger partial charge in [0.15, 0.2) is 6.10 Å². The van der Waals surface area contributed by atoms with Crippen molar-refractivity contribution in [2.45, 2.75) is 38.7 Å². The summed E-state index contributed by atoms with van der Waals surface area (Å²) in [5.74, 6) is 0.245. The molecule has 0 fully saturated rings. The highest BCUT2D eigenvalue weighted by molar-refractivity contribution is 5.24. The molecule has 102 valence electrons. The second-order valence-electron chi connectivity index (χ2n) is 4.37. The summed E-state index contributed by atoms with van der Waals surface area (Å²) >= 11 is 0. The lowest BCUT2D eigenvalue weighted by Gasteiger charge is -2.16. The molecule has 1 rings (SSSR count). The van der Waals surface area contributed by atoms with Crippen LogP contribution in [0.3, 0.4) is 0 Å². The van der Waals surface area contributed by atoms with Crippen LogP contribution in [0, 0.1) is 0 Å². The molecule has 0 aliphatic carbocycles. The maximum Gasteiger partial charge on any atom is 0.414 e. The zero-order chi connectivity index (χ0) is 13.8. The fourth-order valence-electron chi connectivity index (χ4n) is 1.39. The van der Waals surface area contributed by atoms with Crippen molar-refractivity contribution < 1.29 is 17.9 Å². The van der Waals surface area contributed by atoms with Gasteiger partial charge in [0.1, 0.15) is 0 Å². The Bertz CT molecular complexity index is 361. The highest BCUT2D eigenvalue weighted by atomic mass is 19.4. The van der Waals surface area contributed by atoms with Crippen molar-refractivity contribution in [2.75, 3.05) is 6.54 Å². The van der Waals surface area contributed by atoms with Gasteiger partial charge in [0.2, 0.25) is 0 Å². The molecule has 1 aromatic rings. The Morgan fingerprint density at radius 2 is 1.72 bits per heavy atom. The van der Waals surface area contributed by atoms with E-state index < -0.39 is 12.3 Å². The van der Waals surface area contributed by atoms with Crippen LogP contribution in [0.25, 0.3) is 0 Å². The molecule has 18 heavy (non-hydrogen) atoms. The van der Waals surface area contributed by atoms with Crippen LogP contribution in [-0.4, -0.2) is 18.8 Å². The first kappa shape index (κ1) is 15.0. The van der Waals surface area contributed by atoms with Crippen LogP contribution in [0.4, 0.5) is 13.2 Å². The summed E-state index contributed by atoms with van der Waals surface area (Å²) in [6, 6.07) is 7.28. The highest BCUT2D eigenvalue weighted by Crippen LogP contribution is 2.23. The van der Waals surface area contributed by atoms with E-state index in [-0.39, 0.29) is 12.5 Å². The van der Waals surface area contributed by atoms with E-state index in [9.17, 15) is 13.2 Å². The van der Waals surface area contributed by atoms with Crippen molar-refractivity contribution in [2.24, 2.45) is 5.73 Å². The predicted molar refractivity (Wildman–Crippen MR) is 64.2 cm³/mol. The van der Waals surface area contributed by atoms with E-state index in [0.717, 1.165) is 18.1 Å². The van der Waals surface area contributed by atoms with E-state index in [1.807, 2.05) is 19.1 Å². The molecule has 0 saturated carbocycles. The number of hydrogen-bond acceptors (Lipinski definition) is 2. The number of alkyl halides is 3. The van der Waals surface area contributed by atoms with Crippen LogP contribution in [-0.2, 0) is 11.3 Å². The smallest absolute Gasteiger partial charge is 0.364 e. The lowest BCUT2D eigenvalue weighted by atomic mass is 10.0. The van der Waals surface area contributed by atoms with Crippen LogP contribution >= 0.6 is 0 Å². The van der Waals surface area contributed by atoms with Gasteiger partial charge in [-0.2, -0.15) is 13.2 Å². The normalized spacial score (nSPS) is 15.4. The first-order chi connectivity index (χ1) is 8.34. The number of hydrogen-bond donors (Lipinski definition) is 1. The summed E-state index contributed by atoms with van der Waals surface area (Å²) in [5, 5.41) is 0. The quantitative estimate of drug-likeness (QED) is 0.883. The van der Waals surface area contributed by atoms with Gasteiger partial charge in [-0.1, -0.05) is 31.2 Å². The molecule has 2 nitrogen and oxygen atoms in total. The summed E-state index contributed by atoms with van der Waals surface area (Å²) in [4.78, 5) is 0. The maximum atomic E-state index is 12.2. The van der Waals surface area contributed by atoms with Gasteiger partial charge in [0.05, 0.1) is 6.61 Å². The van der Waals surface area contributed by atoms with Crippen LogP contribution < -0.4 is 5.73 Å². The first-order valence-corrected chi connectivity index (χ1v) is 5.81. The third-order valence-electron chi connectivity index (χ3n) is 2.86. The van der Waals surface area contributed by atoms with Crippen molar-refractivity contribution in [3.05, 3.63) is 35.4 Å².